The molecule has 5 heteroatoms. The Morgan fingerprint density at radius 2 is 1.50 bits per heavy atom. The molecule has 0 spiro atoms. The second-order valence-electron chi connectivity index (χ2n) is 5.99. The Morgan fingerprint density at radius 3 is 2.12 bits per heavy atom. The number of nitrogens with zero attached hydrogens (tertiary/aromatic N) is 1. The van der Waals surface area contributed by atoms with Gasteiger partial charge in [-0.3, -0.25) is 9.59 Å². The van der Waals surface area contributed by atoms with E-state index in [1.54, 1.807) is 0 Å². The van der Waals surface area contributed by atoms with Crippen molar-refractivity contribution < 1.29 is 9.59 Å². The summed E-state index contributed by atoms with van der Waals surface area (Å²) in [5, 5.41) is 6.91. The first kappa shape index (κ1) is 19.4. The maximum Gasteiger partial charge on any atom is 0.249 e. The van der Waals surface area contributed by atoms with E-state index >= 15 is 0 Å². The van der Waals surface area contributed by atoms with Gasteiger partial charge in [-0.25, -0.2) is 5.43 Å². The van der Waals surface area contributed by atoms with E-state index in [0.29, 0.717) is 13.0 Å². The van der Waals surface area contributed by atoms with Crippen LogP contribution in [0.2, 0.25) is 0 Å². The van der Waals surface area contributed by atoms with Crippen molar-refractivity contribution in [1.29, 1.82) is 0 Å². The van der Waals surface area contributed by atoms with Crippen molar-refractivity contribution in [2.24, 2.45) is 5.10 Å². The SMILES string of the molecule is CC/C(Cc1ccccc1)=N\NC(=O)CC(=O)NCCc1ccccc1. The van der Waals surface area contributed by atoms with Crippen LogP contribution >= 0.6 is 0 Å². The van der Waals surface area contributed by atoms with Crippen molar-refractivity contribution >= 4 is 17.5 Å². The van der Waals surface area contributed by atoms with E-state index in [1.807, 2.05) is 67.6 Å². The molecule has 0 fully saturated rings. The van der Waals surface area contributed by atoms with Crippen molar-refractivity contribution in [1.82, 2.24) is 10.7 Å². The van der Waals surface area contributed by atoms with Crippen LogP contribution in [-0.4, -0.2) is 24.1 Å². The van der Waals surface area contributed by atoms with Gasteiger partial charge in [-0.1, -0.05) is 67.6 Å². The quantitative estimate of drug-likeness (QED) is 0.414. The van der Waals surface area contributed by atoms with Gasteiger partial charge in [0, 0.05) is 18.7 Å². The summed E-state index contributed by atoms with van der Waals surface area (Å²) in [6.07, 6.45) is 1.93. The average molecular weight is 351 g/mol. The zero-order valence-electron chi connectivity index (χ0n) is 15.1. The lowest BCUT2D eigenvalue weighted by molar-refractivity contribution is -0.129. The van der Waals surface area contributed by atoms with Gasteiger partial charge in [-0.05, 0) is 24.0 Å². The van der Waals surface area contributed by atoms with E-state index in [0.717, 1.165) is 29.7 Å². The number of hydrogen-bond donors (Lipinski definition) is 2. The van der Waals surface area contributed by atoms with Gasteiger partial charge in [0.15, 0.2) is 0 Å². The van der Waals surface area contributed by atoms with Crippen LogP contribution in [0.3, 0.4) is 0 Å². The van der Waals surface area contributed by atoms with E-state index in [9.17, 15) is 9.59 Å². The van der Waals surface area contributed by atoms with Gasteiger partial charge in [-0.2, -0.15) is 5.10 Å². The van der Waals surface area contributed by atoms with Gasteiger partial charge in [0.25, 0.3) is 0 Å². The molecular weight excluding hydrogens is 326 g/mol. The van der Waals surface area contributed by atoms with Gasteiger partial charge in [0.1, 0.15) is 6.42 Å². The third-order valence-electron chi connectivity index (χ3n) is 3.90. The van der Waals surface area contributed by atoms with E-state index < -0.39 is 5.91 Å². The Morgan fingerprint density at radius 1 is 0.885 bits per heavy atom. The molecule has 0 heterocycles. The predicted molar refractivity (Wildman–Crippen MR) is 104 cm³/mol. The first-order chi connectivity index (χ1) is 12.7. The topological polar surface area (TPSA) is 70.6 Å². The lowest BCUT2D eigenvalue weighted by atomic mass is 10.1. The number of hydrogen-bond acceptors (Lipinski definition) is 3. The number of carbonyl (C=O) groups is 2. The minimum absolute atomic E-state index is 0.222. The monoisotopic (exact) mass is 351 g/mol. The van der Waals surface area contributed by atoms with E-state index in [1.165, 1.54) is 0 Å². The van der Waals surface area contributed by atoms with Crippen molar-refractivity contribution in [3.63, 3.8) is 0 Å². The summed E-state index contributed by atoms with van der Waals surface area (Å²) in [5.41, 5.74) is 5.64. The van der Waals surface area contributed by atoms with Crippen molar-refractivity contribution in [2.75, 3.05) is 6.54 Å². The first-order valence-corrected chi connectivity index (χ1v) is 8.86. The summed E-state index contributed by atoms with van der Waals surface area (Å²) in [4.78, 5) is 23.7. The van der Waals surface area contributed by atoms with Crippen LogP contribution in [0, 0.1) is 0 Å². The lowest BCUT2D eigenvalue weighted by Crippen LogP contribution is -2.31. The van der Waals surface area contributed by atoms with Crippen LogP contribution in [-0.2, 0) is 22.4 Å². The second kappa shape index (κ2) is 10.8. The van der Waals surface area contributed by atoms with E-state index in [2.05, 4.69) is 15.8 Å². The van der Waals surface area contributed by atoms with E-state index in [4.69, 9.17) is 0 Å². The number of nitrogens with one attached hydrogen (secondary N) is 2. The highest BCUT2D eigenvalue weighted by Gasteiger charge is 2.09. The summed E-state index contributed by atoms with van der Waals surface area (Å²) in [5.74, 6) is -0.698. The molecule has 136 valence electrons. The molecule has 0 bridgehead atoms. The zero-order chi connectivity index (χ0) is 18.6. The summed E-state index contributed by atoms with van der Waals surface area (Å²) in [6, 6.07) is 19.8. The van der Waals surface area contributed by atoms with Gasteiger partial charge in [-0.15, -0.1) is 0 Å². The van der Waals surface area contributed by atoms with Crippen LogP contribution in [0.4, 0.5) is 0 Å². The molecule has 5 nitrogen and oxygen atoms in total. The van der Waals surface area contributed by atoms with Crippen molar-refractivity contribution in [2.45, 2.75) is 32.6 Å². The van der Waals surface area contributed by atoms with Gasteiger partial charge in [0.2, 0.25) is 11.8 Å². The van der Waals surface area contributed by atoms with Crippen LogP contribution in [0.25, 0.3) is 0 Å². The fourth-order valence-corrected chi connectivity index (χ4v) is 2.46. The van der Waals surface area contributed by atoms with Crippen molar-refractivity contribution in [3.05, 3.63) is 71.8 Å². The molecule has 0 unspecified atom stereocenters. The molecule has 2 aromatic rings. The molecule has 0 atom stereocenters. The molecule has 2 amide bonds. The molecule has 0 aliphatic heterocycles. The molecule has 2 rings (SSSR count). The molecule has 0 aliphatic rings. The third-order valence-corrected chi connectivity index (χ3v) is 3.90. The molecule has 26 heavy (non-hydrogen) atoms. The lowest BCUT2D eigenvalue weighted by Gasteiger charge is -2.07. The summed E-state index contributed by atoms with van der Waals surface area (Å²) >= 11 is 0. The van der Waals surface area contributed by atoms with Crippen LogP contribution in [0.1, 0.15) is 30.9 Å². The Labute approximate surface area is 154 Å². The van der Waals surface area contributed by atoms with E-state index in [-0.39, 0.29) is 12.3 Å². The van der Waals surface area contributed by atoms with Crippen LogP contribution in [0.15, 0.2) is 65.8 Å². The highest BCUT2D eigenvalue weighted by molar-refractivity contribution is 5.97. The summed E-state index contributed by atoms with van der Waals surface area (Å²) in [7, 11) is 0. The highest BCUT2D eigenvalue weighted by Crippen LogP contribution is 2.03. The van der Waals surface area contributed by atoms with Gasteiger partial charge in [0.05, 0.1) is 0 Å². The summed E-state index contributed by atoms with van der Waals surface area (Å²) in [6.45, 7) is 2.50. The predicted octanol–water partition coefficient (Wildman–Crippen LogP) is 2.86. The Kier molecular flexibility index (Phi) is 8.06. The largest absolute Gasteiger partial charge is 0.355 e. The Balaban J connectivity index is 1.71. The maximum absolute atomic E-state index is 11.9. The Bertz CT molecular complexity index is 727. The molecule has 0 aromatic heterocycles. The molecule has 0 saturated carbocycles. The molecular formula is C21H25N3O2. The van der Waals surface area contributed by atoms with Gasteiger partial charge >= 0.3 is 0 Å². The molecule has 0 aliphatic carbocycles. The number of carbonyl (C=O) groups excluding carboxylic acids is 2. The van der Waals surface area contributed by atoms with Crippen LogP contribution < -0.4 is 10.7 Å². The molecule has 2 aromatic carbocycles. The van der Waals surface area contributed by atoms with Crippen molar-refractivity contribution in [3.8, 4) is 0 Å². The fraction of sp³-hybridized carbons (Fsp3) is 0.286. The number of hydrazone groups is 1. The fourth-order valence-electron chi connectivity index (χ4n) is 2.46. The molecule has 0 radical (unpaired) electrons. The summed E-state index contributed by atoms with van der Waals surface area (Å²) < 4.78 is 0. The normalized spacial score (nSPS) is 11.0. The standard InChI is InChI=1S/C21H25N3O2/c1-2-19(15-18-11-7-4-8-12-18)23-24-21(26)16-20(25)22-14-13-17-9-5-3-6-10-17/h3-12H,2,13-16H2,1H3,(H,22,25)(H,24,26)/b23-19+. The zero-order valence-corrected chi connectivity index (χ0v) is 15.1. The first-order valence-electron chi connectivity index (χ1n) is 8.86. The number of amides is 2. The number of benzene rings is 2. The molecule has 2 N–H and O–H groups in total. The maximum atomic E-state index is 11.9. The second-order valence-corrected chi connectivity index (χ2v) is 5.99. The Hall–Kier alpha value is -2.95. The smallest absolute Gasteiger partial charge is 0.249 e. The third kappa shape index (κ3) is 7.30. The van der Waals surface area contributed by atoms with Crippen LogP contribution in [0.5, 0.6) is 0 Å². The average Bonchev–Trinajstić information content (AvgIpc) is 2.66. The number of rotatable bonds is 9. The minimum Gasteiger partial charge on any atom is -0.355 e. The van der Waals surface area contributed by atoms with Gasteiger partial charge < -0.3 is 5.32 Å². The minimum atomic E-state index is -0.402. The highest BCUT2D eigenvalue weighted by atomic mass is 16.2. The molecule has 0 saturated heterocycles.